The molecule has 2 aromatic rings. The van der Waals surface area contributed by atoms with Crippen LogP contribution in [-0.4, -0.2) is 93.9 Å². The van der Waals surface area contributed by atoms with Crippen LogP contribution in [0.2, 0.25) is 0 Å². The molecule has 0 aromatic heterocycles. The summed E-state index contributed by atoms with van der Waals surface area (Å²) in [7, 11) is 0. The predicted molar refractivity (Wildman–Crippen MR) is 197 cm³/mol. The van der Waals surface area contributed by atoms with E-state index >= 15 is 0 Å². The number of hydrogen-bond donors (Lipinski definition) is 6. The number of nitrogens with zero attached hydrogens (tertiary/aromatic N) is 3. The number of ether oxygens (including phenoxy) is 1. The number of carbonyl (C=O) groups excluding carboxylic acids is 5. The maximum absolute atomic E-state index is 13.6. The molecule has 0 unspecified atom stereocenters. The van der Waals surface area contributed by atoms with Crippen LogP contribution in [0.5, 0.6) is 0 Å². The number of aliphatic hydroxyl groups excluding tert-OH is 2. The van der Waals surface area contributed by atoms with Crippen molar-refractivity contribution in [3.8, 4) is 0 Å². The van der Waals surface area contributed by atoms with E-state index in [1.165, 1.54) is 30.4 Å². The molecule has 2 aromatic carbocycles. The van der Waals surface area contributed by atoms with Crippen molar-refractivity contribution in [3.63, 3.8) is 0 Å². The van der Waals surface area contributed by atoms with Crippen LogP contribution < -0.4 is 21.3 Å². The fraction of sp³-hybridized carbons (Fsp3) is 0.500. The zero-order valence-electron chi connectivity index (χ0n) is 29.5. The van der Waals surface area contributed by atoms with Crippen molar-refractivity contribution in [1.29, 1.82) is 0 Å². The summed E-state index contributed by atoms with van der Waals surface area (Å²) in [5.41, 5.74) is 12.0. The molecule has 278 valence electrons. The maximum atomic E-state index is 13.6. The Hall–Kier alpha value is -4.28. The van der Waals surface area contributed by atoms with Crippen molar-refractivity contribution in [2.24, 2.45) is 5.11 Å². The second kappa shape index (κ2) is 21.2. The highest BCUT2D eigenvalue weighted by molar-refractivity contribution is 7.98. The van der Waals surface area contributed by atoms with Crippen molar-refractivity contribution < 1.29 is 38.9 Å². The van der Waals surface area contributed by atoms with Crippen LogP contribution in [0.4, 0.5) is 4.79 Å². The van der Waals surface area contributed by atoms with Gasteiger partial charge in [-0.15, -0.1) is 0 Å². The lowest BCUT2D eigenvalue weighted by Gasteiger charge is -2.27. The number of nitrogens with one attached hydrogen (secondary N) is 4. The molecule has 5 atom stereocenters. The average molecular weight is 746 g/mol. The van der Waals surface area contributed by atoms with E-state index in [1.807, 2.05) is 62.4 Å². The number of benzene rings is 2. The third-order valence-electron chi connectivity index (χ3n) is 6.99. The summed E-state index contributed by atoms with van der Waals surface area (Å²) >= 11 is 2.60. The fourth-order valence-corrected chi connectivity index (χ4v) is 6.29. The molecule has 5 amide bonds. The fourth-order valence-electron chi connectivity index (χ4n) is 4.27. The lowest BCUT2D eigenvalue weighted by molar-refractivity contribution is -0.135. The van der Waals surface area contributed by atoms with Crippen LogP contribution in [0.1, 0.15) is 49.9 Å². The van der Waals surface area contributed by atoms with Gasteiger partial charge < -0.3 is 36.2 Å². The quantitative estimate of drug-likeness (QED) is 0.0742. The third kappa shape index (κ3) is 16.1. The van der Waals surface area contributed by atoms with Gasteiger partial charge in [0, 0.05) is 27.9 Å². The smallest absolute Gasteiger partial charge is 0.408 e. The predicted octanol–water partition coefficient (Wildman–Crippen LogP) is 3.03. The number of amides is 5. The molecule has 2 rings (SSSR count). The largest absolute Gasteiger partial charge is 0.444 e. The molecule has 51 heavy (non-hydrogen) atoms. The van der Waals surface area contributed by atoms with Crippen LogP contribution in [-0.2, 0) is 35.4 Å². The van der Waals surface area contributed by atoms with E-state index in [0.717, 1.165) is 22.3 Å². The standard InChI is InChI=1S/C34H47N7O8S2/c1-20-7-11-23(12-8-20)16-50-18-26(36-29(44)25(15-42)38-33(48)49-34(4,5)6)30(45)39-28(22(3)43)32(47)37-27(31(46)40-41-35)19-51-17-24-13-9-21(2)10-14-24/h7-14,22,25-28,42-43H,15-19H2,1-6H3,(H,36,44)(H,37,47)(H,38,48)(H,39,45)/t22-,25+,26+,27+,28+/m1/s1. The minimum absolute atomic E-state index is 0.00215. The zero-order chi connectivity index (χ0) is 38.1. The minimum atomic E-state index is -1.59. The summed E-state index contributed by atoms with van der Waals surface area (Å²) in [4.78, 5) is 67.6. The van der Waals surface area contributed by atoms with Crippen molar-refractivity contribution in [3.05, 3.63) is 81.2 Å². The van der Waals surface area contributed by atoms with Crippen molar-refractivity contribution in [1.82, 2.24) is 21.3 Å². The lowest BCUT2D eigenvalue weighted by Crippen LogP contribution is -2.61. The molecular formula is C34H47N7O8S2. The Bertz CT molecular complexity index is 1530. The number of thioether (sulfide) groups is 2. The van der Waals surface area contributed by atoms with E-state index < -0.39 is 72.2 Å². The van der Waals surface area contributed by atoms with Gasteiger partial charge in [-0.2, -0.15) is 23.5 Å². The molecule has 0 fully saturated rings. The van der Waals surface area contributed by atoms with Gasteiger partial charge in [0.05, 0.1) is 12.7 Å². The molecule has 0 aliphatic rings. The monoisotopic (exact) mass is 745 g/mol. The second-order valence-electron chi connectivity index (χ2n) is 12.8. The van der Waals surface area contributed by atoms with Gasteiger partial charge >= 0.3 is 6.09 Å². The Balaban J connectivity index is 2.21. The first-order valence-corrected chi connectivity index (χ1v) is 18.4. The second-order valence-corrected chi connectivity index (χ2v) is 14.8. The Labute approximate surface area is 306 Å². The van der Waals surface area contributed by atoms with Crippen LogP contribution in [0.25, 0.3) is 10.4 Å². The Morgan fingerprint density at radius 2 is 1.25 bits per heavy atom. The van der Waals surface area contributed by atoms with Crippen LogP contribution in [0.3, 0.4) is 0 Å². The van der Waals surface area contributed by atoms with Gasteiger partial charge in [-0.05, 0) is 63.3 Å². The van der Waals surface area contributed by atoms with Gasteiger partial charge in [-0.1, -0.05) is 59.7 Å². The summed E-state index contributed by atoms with van der Waals surface area (Å²) < 4.78 is 5.17. The molecular weight excluding hydrogens is 699 g/mol. The van der Waals surface area contributed by atoms with Gasteiger partial charge in [-0.25, -0.2) is 4.79 Å². The highest BCUT2D eigenvalue weighted by Gasteiger charge is 2.33. The lowest BCUT2D eigenvalue weighted by atomic mass is 10.1. The number of aryl methyl sites for hydroxylation is 2. The van der Waals surface area contributed by atoms with E-state index in [-0.39, 0.29) is 11.5 Å². The first-order chi connectivity index (χ1) is 24.0. The number of aliphatic hydroxyl groups is 2. The number of azide groups is 1. The number of hydrogen-bond acceptors (Lipinski definition) is 10. The summed E-state index contributed by atoms with van der Waals surface area (Å²) in [6.45, 7) is 9.22. The highest BCUT2D eigenvalue weighted by Crippen LogP contribution is 2.17. The topological polar surface area (TPSA) is 232 Å². The molecule has 0 radical (unpaired) electrons. The van der Waals surface area contributed by atoms with E-state index in [4.69, 9.17) is 10.3 Å². The maximum Gasteiger partial charge on any atom is 0.408 e. The molecule has 17 heteroatoms. The van der Waals surface area contributed by atoms with E-state index in [1.54, 1.807) is 20.8 Å². The molecule has 0 saturated heterocycles. The Morgan fingerprint density at radius 1 is 0.784 bits per heavy atom. The molecule has 0 spiro atoms. The van der Waals surface area contributed by atoms with Crippen LogP contribution in [0.15, 0.2) is 53.6 Å². The van der Waals surface area contributed by atoms with Crippen molar-refractivity contribution in [2.75, 3.05) is 18.1 Å². The summed E-state index contributed by atoms with van der Waals surface area (Å²) in [6, 6.07) is 9.80. The molecule has 6 N–H and O–H groups in total. The molecule has 0 aliphatic carbocycles. The summed E-state index contributed by atoms with van der Waals surface area (Å²) in [5, 5.41) is 33.2. The van der Waals surface area contributed by atoms with Gasteiger partial charge in [-0.3, -0.25) is 19.2 Å². The van der Waals surface area contributed by atoms with Crippen molar-refractivity contribution in [2.45, 2.75) is 88.9 Å². The SMILES string of the molecule is Cc1ccc(CSC[C@H](NC(=O)[C@@H](NC(=O)[C@H](CSCc2ccc(C)cc2)NC(=O)[C@H](CO)NC(=O)OC(C)(C)C)[C@@H](C)O)C(=O)N=[N+]=[N-])cc1. The first-order valence-electron chi connectivity index (χ1n) is 16.1. The summed E-state index contributed by atoms with van der Waals surface area (Å²) in [5.74, 6) is -2.67. The number of alkyl carbamates (subject to hydrolysis) is 1. The number of carbonyl (C=O) groups is 5. The van der Waals surface area contributed by atoms with E-state index in [2.05, 4.69) is 31.3 Å². The number of rotatable bonds is 18. The molecule has 0 saturated carbocycles. The van der Waals surface area contributed by atoms with Crippen LogP contribution >= 0.6 is 23.5 Å². The zero-order valence-corrected chi connectivity index (χ0v) is 31.2. The molecule has 15 nitrogen and oxygen atoms in total. The molecule has 0 aliphatic heterocycles. The van der Waals surface area contributed by atoms with Crippen LogP contribution in [0, 0.1) is 13.8 Å². The van der Waals surface area contributed by atoms with Gasteiger partial charge in [0.2, 0.25) is 23.6 Å². The normalized spacial score (nSPS) is 14.0. The van der Waals surface area contributed by atoms with E-state index in [0.29, 0.717) is 11.5 Å². The highest BCUT2D eigenvalue weighted by atomic mass is 32.2. The van der Waals surface area contributed by atoms with Gasteiger partial charge in [0.25, 0.3) is 0 Å². The van der Waals surface area contributed by atoms with Gasteiger partial charge in [0.1, 0.15) is 29.8 Å². The van der Waals surface area contributed by atoms with E-state index in [9.17, 15) is 34.2 Å². The average Bonchev–Trinajstić information content (AvgIpc) is 3.05. The summed E-state index contributed by atoms with van der Waals surface area (Å²) in [6.07, 6.45) is -2.42. The Morgan fingerprint density at radius 3 is 1.71 bits per heavy atom. The Kier molecular flexibility index (Phi) is 17.8. The molecule has 0 heterocycles. The van der Waals surface area contributed by atoms with Crippen molar-refractivity contribution >= 4 is 53.2 Å². The minimum Gasteiger partial charge on any atom is -0.444 e. The van der Waals surface area contributed by atoms with Gasteiger partial charge in [0.15, 0.2) is 0 Å². The third-order valence-corrected chi connectivity index (χ3v) is 9.20. The first kappa shape index (κ1) is 42.9. The molecule has 0 bridgehead atoms.